The van der Waals surface area contributed by atoms with Gasteiger partial charge in [-0.05, 0) is 126 Å². The predicted molar refractivity (Wildman–Crippen MR) is 265 cm³/mol. The van der Waals surface area contributed by atoms with Gasteiger partial charge in [-0.25, -0.2) is 19.9 Å². The highest BCUT2D eigenvalue weighted by molar-refractivity contribution is 5.68. The highest BCUT2D eigenvalue weighted by Gasteiger charge is 2.38. The van der Waals surface area contributed by atoms with Crippen molar-refractivity contribution in [3.8, 4) is 22.8 Å². The van der Waals surface area contributed by atoms with Crippen LogP contribution in [0.2, 0.25) is 0 Å². The Labute approximate surface area is 396 Å². The number of rotatable bonds is 8. The van der Waals surface area contributed by atoms with Gasteiger partial charge in [-0.3, -0.25) is 19.4 Å². The lowest BCUT2D eigenvalue weighted by Gasteiger charge is -2.38. The summed E-state index contributed by atoms with van der Waals surface area (Å²) >= 11 is 0. The van der Waals surface area contributed by atoms with E-state index in [4.69, 9.17) is 29.4 Å². The van der Waals surface area contributed by atoms with Crippen LogP contribution >= 0.6 is 0 Å². The van der Waals surface area contributed by atoms with E-state index in [1.165, 1.54) is 60.3 Å². The quantitative estimate of drug-likeness (QED) is 0.123. The second kappa shape index (κ2) is 19.3. The molecule has 4 atom stereocenters. The van der Waals surface area contributed by atoms with Crippen molar-refractivity contribution in [2.45, 2.75) is 76.5 Å². The molecule has 0 saturated carbocycles. The number of ether oxygens (including phenoxy) is 2. The molecule has 0 radical (unpaired) electrons. The Morgan fingerprint density at radius 2 is 0.985 bits per heavy atom. The zero-order valence-electron chi connectivity index (χ0n) is 38.9. The fourth-order valence-electron chi connectivity index (χ4n) is 10.9. The average Bonchev–Trinajstić information content (AvgIpc) is 4.06. The van der Waals surface area contributed by atoms with E-state index in [2.05, 4.69) is 54.0 Å². The first-order chi connectivity index (χ1) is 33.3. The number of hydrogen-bond donors (Lipinski definition) is 4. The third-order valence-corrected chi connectivity index (χ3v) is 14.4. The molecule has 4 fully saturated rings. The van der Waals surface area contributed by atoms with Crippen molar-refractivity contribution >= 4 is 34.6 Å². The number of aromatic amines is 2. The molecule has 10 heterocycles. The van der Waals surface area contributed by atoms with Crippen LogP contribution in [0.4, 0.5) is 34.6 Å². The molecule has 0 spiro atoms. The Balaban J connectivity index is 0.000000149. The number of hydrogen-bond acceptors (Lipinski definition) is 14. The normalized spacial score (nSPS) is 22.3. The minimum atomic E-state index is -0.130. The number of nitrogens with zero attached hydrogens (tertiary/aromatic N) is 8. The van der Waals surface area contributed by atoms with Gasteiger partial charge in [-0.2, -0.15) is 0 Å². The number of pyridine rings is 2. The number of benzene rings is 2. The zero-order valence-corrected chi connectivity index (χ0v) is 38.9. The summed E-state index contributed by atoms with van der Waals surface area (Å²) in [6.45, 7) is 13.6. The van der Waals surface area contributed by atoms with Gasteiger partial charge in [0.2, 0.25) is 11.1 Å². The van der Waals surface area contributed by atoms with Crippen molar-refractivity contribution in [1.82, 2.24) is 39.7 Å². The van der Waals surface area contributed by atoms with E-state index in [1.807, 2.05) is 60.7 Å². The van der Waals surface area contributed by atoms with Crippen LogP contribution in [0, 0.1) is 0 Å². The number of aromatic nitrogens is 6. The van der Waals surface area contributed by atoms with Gasteiger partial charge in [0.25, 0.3) is 0 Å². The summed E-state index contributed by atoms with van der Waals surface area (Å²) in [5, 5.41) is 6.49. The fraction of sp³-hybridized carbons (Fsp3) is 0.423. The molecular formula is C52H60N12O4. The van der Waals surface area contributed by atoms with E-state index in [1.54, 1.807) is 12.1 Å². The summed E-state index contributed by atoms with van der Waals surface area (Å²) < 4.78 is 11.4. The smallest absolute Gasteiger partial charge is 0.249 e. The molecule has 4 N–H and O–H groups in total. The maximum atomic E-state index is 11.6. The first-order valence-corrected chi connectivity index (χ1v) is 24.4. The summed E-state index contributed by atoms with van der Waals surface area (Å²) in [6.07, 6.45) is 6.80. The van der Waals surface area contributed by atoms with E-state index < -0.39 is 0 Å². The van der Waals surface area contributed by atoms with Crippen molar-refractivity contribution < 1.29 is 9.47 Å². The molecule has 4 saturated heterocycles. The van der Waals surface area contributed by atoms with Crippen LogP contribution < -0.4 is 31.6 Å². The third-order valence-electron chi connectivity index (χ3n) is 14.4. The third kappa shape index (κ3) is 9.12. The van der Waals surface area contributed by atoms with Crippen LogP contribution in [0.15, 0.2) is 94.5 Å². The number of anilines is 6. The number of fused-ring (bicyclic) bond motifs is 6. The van der Waals surface area contributed by atoms with Crippen LogP contribution in [0.25, 0.3) is 22.8 Å². The van der Waals surface area contributed by atoms with Gasteiger partial charge in [-0.15, -0.1) is 0 Å². The SMILES string of the molecule is C[C@H]1COCCN1c1nc(-c2ccc(Nc3cccc(=O)[nH]3)cc2)nc2c1CCN1CCCC21.C[C@H]1COCCN1c1nc(-c2ccc(Nc3cccc(=O)[nH]3)cc2)nc2c1CCN1CCCC21. The van der Waals surface area contributed by atoms with Crippen molar-refractivity contribution in [2.75, 3.05) is 86.1 Å². The van der Waals surface area contributed by atoms with Crippen LogP contribution in [0.1, 0.15) is 74.1 Å². The lowest BCUT2D eigenvalue weighted by molar-refractivity contribution is 0.0982. The minimum Gasteiger partial charge on any atom is -0.377 e. The van der Waals surface area contributed by atoms with Gasteiger partial charge in [0.05, 0.1) is 62.0 Å². The van der Waals surface area contributed by atoms with Crippen molar-refractivity contribution in [3.05, 3.63) is 128 Å². The molecule has 2 aromatic carbocycles. The Morgan fingerprint density at radius 3 is 1.40 bits per heavy atom. The molecule has 0 aliphatic carbocycles. The fourth-order valence-corrected chi connectivity index (χ4v) is 10.9. The Morgan fingerprint density at radius 1 is 0.544 bits per heavy atom. The number of nitrogens with one attached hydrogen (secondary N) is 4. The second-order valence-corrected chi connectivity index (χ2v) is 18.9. The molecule has 6 aliphatic heterocycles. The molecule has 2 unspecified atom stereocenters. The molecule has 0 bridgehead atoms. The van der Waals surface area contributed by atoms with Gasteiger partial charge in [-0.1, -0.05) is 12.1 Å². The summed E-state index contributed by atoms with van der Waals surface area (Å²) in [4.78, 5) is 59.3. The highest BCUT2D eigenvalue weighted by atomic mass is 16.5. The predicted octanol–water partition coefficient (Wildman–Crippen LogP) is 6.99. The first-order valence-electron chi connectivity index (χ1n) is 24.4. The topological polar surface area (TPSA) is 173 Å². The van der Waals surface area contributed by atoms with E-state index in [0.717, 1.165) is 124 Å². The minimum absolute atomic E-state index is 0.130. The molecule has 16 nitrogen and oxygen atoms in total. The Bertz CT molecular complexity index is 2680. The van der Waals surface area contributed by atoms with Crippen molar-refractivity contribution in [1.29, 1.82) is 0 Å². The molecule has 0 amide bonds. The highest BCUT2D eigenvalue weighted by Crippen LogP contribution is 2.43. The molecule has 16 heteroatoms. The summed E-state index contributed by atoms with van der Waals surface area (Å²) in [5.74, 6) is 5.06. The standard InChI is InChI=1S/2C26H30N6O2/c2*1-17-16-34-15-14-32(17)26-20-11-13-31-12-3-4-21(31)24(20)29-25(30-26)18-7-9-19(10-8-18)27-22-5-2-6-23(33)28-22/h2*2,5-10,17,21H,3-4,11-16H2,1H3,(H2,27,28,33)/t2*17-,21?/m00/s1. The Hall–Kier alpha value is -6.46. The van der Waals surface area contributed by atoms with Crippen LogP contribution in [0.5, 0.6) is 0 Å². The summed E-state index contributed by atoms with van der Waals surface area (Å²) in [6, 6.07) is 27.7. The molecule has 68 heavy (non-hydrogen) atoms. The summed E-state index contributed by atoms with van der Waals surface area (Å²) in [7, 11) is 0. The van der Waals surface area contributed by atoms with Crippen molar-refractivity contribution in [2.24, 2.45) is 0 Å². The van der Waals surface area contributed by atoms with Gasteiger partial charge < -0.3 is 39.9 Å². The van der Waals surface area contributed by atoms with Crippen LogP contribution in [-0.2, 0) is 22.3 Å². The number of morpholine rings is 2. The molecular weight excluding hydrogens is 857 g/mol. The maximum absolute atomic E-state index is 11.6. The molecule has 352 valence electrons. The van der Waals surface area contributed by atoms with Crippen molar-refractivity contribution in [3.63, 3.8) is 0 Å². The van der Waals surface area contributed by atoms with Crippen LogP contribution in [-0.4, -0.2) is 117 Å². The molecule has 6 aliphatic rings. The number of H-pyrrole nitrogens is 2. The average molecular weight is 917 g/mol. The summed E-state index contributed by atoms with van der Waals surface area (Å²) in [5.41, 5.74) is 8.60. The van der Waals surface area contributed by atoms with E-state index in [-0.39, 0.29) is 11.1 Å². The van der Waals surface area contributed by atoms with Gasteiger partial charge in [0.1, 0.15) is 23.3 Å². The Kier molecular flexibility index (Phi) is 12.5. The largest absolute Gasteiger partial charge is 0.377 e. The lowest BCUT2D eigenvalue weighted by Crippen LogP contribution is -2.45. The van der Waals surface area contributed by atoms with Gasteiger partial charge in [0, 0.05) is 71.9 Å². The first kappa shape index (κ1) is 44.1. The monoisotopic (exact) mass is 916 g/mol. The van der Waals surface area contributed by atoms with E-state index >= 15 is 0 Å². The van der Waals surface area contributed by atoms with Crippen LogP contribution in [0.3, 0.4) is 0 Å². The van der Waals surface area contributed by atoms with E-state index in [9.17, 15) is 9.59 Å². The van der Waals surface area contributed by atoms with Gasteiger partial charge >= 0.3 is 0 Å². The lowest BCUT2D eigenvalue weighted by atomic mass is 9.97. The van der Waals surface area contributed by atoms with Gasteiger partial charge in [0.15, 0.2) is 11.6 Å². The second-order valence-electron chi connectivity index (χ2n) is 18.9. The zero-order chi connectivity index (χ0) is 46.1. The molecule has 12 rings (SSSR count). The van der Waals surface area contributed by atoms with E-state index in [0.29, 0.717) is 35.8 Å². The molecule has 6 aromatic rings. The maximum Gasteiger partial charge on any atom is 0.249 e. The molecule has 4 aromatic heterocycles.